The van der Waals surface area contributed by atoms with Gasteiger partial charge in [-0.2, -0.15) is 0 Å². The van der Waals surface area contributed by atoms with Gasteiger partial charge in [-0.05, 0) is 49.8 Å². The first-order chi connectivity index (χ1) is 11.5. The average molecular weight is 335 g/mol. The quantitative estimate of drug-likeness (QED) is 0.799. The van der Waals surface area contributed by atoms with Crippen LogP contribution in [0.5, 0.6) is 11.5 Å². The lowest BCUT2D eigenvalue weighted by Gasteiger charge is -2.26. The number of carbonyl (C=O) groups is 2. The minimum absolute atomic E-state index is 0.00330. The second kappa shape index (κ2) is 8.57. The zero-order chi connectivity index (χ0) is 17.5. The number of carboxylic acids is 1. The molecule has 1 aromatic carbocycles. The van der Waals surface area contributed by atoms with E-state index in [1.54, 1.807) is 14.2 Å². The summed E-state index contributed by atoms with van der Waals surface area (Å²) in [7, 11) is 3.17. The number of ether oxygens (including phenoxy) is 2. The van der Waals surface area contributed by atoms with Gasteiger partial charge in [0.15, 0.2) is 11.5 Å². The van der Waals surface area contributed by atoms with Gasteiger partial charge >= 0.3 is 5.97 Å². The molecule has 0 bridgehead atoms. The molecule has 132 valence electrons. The zero-order valence-electron chi connectivity index (χ0n) is 14.2. The fraction of sp³-hybridized carbons (Fsp3) is 0.556. The summed E-state index contributed by atoms with van der Waals surface area (Å²) in [5.41, 5.74) is 1.01. The first kappa shape index (κ1) is 18.1. The third kappa shape index (κ3) is 4.88. The number of aliphatic carboxylic acids is 1. The van der Waals surface area contributed by atoms with Crippen molar-refractivity contribution < 1.29 is 24.2 Å². The van der Waals surface area contributed by atoms with Crippen molar-refractivity contribution in [2.45, 2.75) is 44.6 Å². The molecule has 1 aliphatic carbocycles. The van der Waals surface area contributed by atoms with Crippen molar-refractivity contribution in [1.82, 2.24) is 5.32 Å². The standard InChI is InChI=1S/C18H25NO5/c1-23-15-9-3-12(11-16(15)24-2)4-10-17(20)19-14-7-5-13(6-8-14)18(21)22/h3,9,11,13-14H,4-8,10H2,1-2H3,(H,19,20)(H,21,22). The van der Waals surface area contributed by atoms with Gasteiger partial charge in [0.1, 0.15) is 0 Å². The van der Waals surface area contributed by atoms with Crippen LogP contribution >= 0.6 is 0 Å². The third-order valence-electron chi connectivity index (χ3n) is 4.53. The van der Waals surface area contributed by atoms with E-state index < -0.39 is 5.97 Å². The van der Waals surface area contributed by atoms with E-state index in [1.807, 2.05) is 18.2 Å². The van der Waals surface area contributed by atoms with Crippen LogP contribution in [0.1, 0.15) is 37.7 Å². The number of carboxylic acid groups (broad SMARTS) is 1. The molecule has 0 heterocycles. The molecule has 24 heavy (non-hydrogen) atoms. The Morgan fingerprint density at radius 1 is 1.12 bits per heavy atom. The van der Waals surface area contributed by atoms with Gasteiger partial charge in [0.2, 0.25) is 5.91 Å². The van der Waals surface area contributed by atoms with Crippen LogP contribution in [0, 0.1) is 5.92 Å². The van der Waals surface area contributed by atoms with E-state index in [1.165, 1.54) is 0 Å². The predicted molar refractivity (Wildman–Crippen MR) is 89.4 cm³/mol. The smallest absolute Gasteiger partial charge is 0.306 e. The fourth-order valence-electron chi connectivity index (χ4n) is 3.08. The van der Waals surface area contributed by atoms with Gasteiger partial charge in [0.25, 0.3) is 0 Å². The van der Waals surface area contributed by atoms with E-state index in [-0.39, 0.29) is 17.9 Å². The number of aryl methyl sites for hydroxylation is 1. The molecule has 1 amide bonds. The summed E-state index contributed by atoms with van der Waals surface area (Å²) in [6.07, 6.45) is 3.76. The highest BCUT2D eigenvalue weighted by atomic mass is 16.5. The lowest BCUT2D eigenvalue weighted by molar-refractivity contribution is -0.142. The summed E-state index contributed by atoms with van der Waals surface area (Å²) < 4.78 is 10.5. The van der Waals surface area contributed by atoms with Crippen molar-refractivity contribution in [1.29, 1.82) is 0 Å². The van der Waals surface area contributed by atoms with Crippen LogP contribution in [0.15, 0.2) is 18.2 Å². The normalized spacial score (nSPS) is 20.2. The zero-order valence-corrected chi connectivity index (χ0v) is 14.2. The maximum absolute atomic E-state index is 12.1. The topological polar surface area (TPSA) is 84.9 Å². The van der Waals surface area contributed by atoms with Gasteiger partial charge < -0.3 is 19.9 Å². The van der Waals surface area contributed by atoms with Gasteiger partial charge in [-0.25, -0.2) is 0 Å². The Balaban J connectivity index is 1.78. The molecular weight excluding hydrogens is 310 g/mol. The number of hydrogen-bond acceptors (Lipinski definition) is 4. The molecule has 1 aromatic rings. The number of methoxy groups -OCH3 is 2. The van der Waals surface area contributed by atoms with Crippen LogP contribution in [0.3, 0.4) is 0 Å². The lowest BCUT2D eigenvalue weighted by atomic mass is 9.86. The van der Waals surface area contributed by atoms with Crippen molar-refractivity contribution in [3.8, 4) is 11.5 Å². The van der Waals surface area contributed by atoms with E-state index >= 15 is 0 Å². The van der Waals surface area contributed by atoms with Crippen LogP contribution in [0.4, 0.5) is 0 Å². The van der Waals surface area contributed by atoms with Crippen molar-refractivity contribution in [3.05, 3.63) is 23.8 Å². The number of hydrogen-bond donors (Lipinski definition) is 2. The molecule has 2 rings (SSSR count). The largest absolute Gasteiger partial charge is 0.493 e. The summed E-state index contributed by atoms with van der Waals surface area (Å²) in [6, 6.07) is 5.73. The number of carbonyl (C=O) groups excluding carboxylic acids is 1. The van der Waals surface area contributed by atoms with Crippen LogP contribution in [0.2, 0.25) is 0 Å². The van der Waals surface area contributed by atoms with Gasteiger partial charge in [0, 0.05) is 12.5 Å². The summed E-state index contributed by atoms with van der Waals surface area (Å²) in [6.45, 7) is 0. The second-order valence-electron chi connectivity index (χ2n) is 6.14. The molecule has 0 radical (unpaired) electrons. The highest BCUT2D eigenvalue weighted by molar-refractivity contribution is 5.76. The maximum atomic E-state index is 12.1. The Morgan fingerprint density at radius 3 is 2.38 bits per heavy atom. The highest BCUT2D eigenvalue weighted by Gasteiger charge is 2.26. The first-order valence-corrected chi connectivity index (χ1v) is 8.26. The lowest BCUT2D eigenvalue weighted by Crippen LogP contribution is -2.38. The molecule has 0 atom stereocenters. The molecule has 0 saturated heterocycles. The molecule has 0 spiro atoms. The van der Waals surface area contributed by atoms with E-state index in [2.05, 4.69) is 5.32 Å². The monoisotopic (exact) mass is 335 g/mol. The summed E-state index contributed by atoms with van der Waals surface area (Å²) in [4.78, 5) is 23.0. The Morgan fingerprint density at radius 2 is 1.79 bits per heavy atom. The molecule has 0 unspecified atom stereocenters. The molecule has 1 aliphatic rings. The van der Waals surface area contributed by atoms with Crippen LogP contribution < -0.4 is 14.8 Å². The minimum atomic E-state index is -0.728. The van der Waals surface area contributed by atoms with Crippen LogP contribution in [-0.4, -0.2) is 37.2 Å². The molecule has 2 N–H and O–H groups in total. The molecule has 0 aliphatic heterocycles. The second-order valence-corrected chi connectivity index (χ2v) is 6.14. The van der Waals surface area contributed by atoms with E-state index in [4.69, 9.17) is 14.6 Å². The Labute approximate surface area is 142 Å². The SMILES string of the molecule is COc1ccc(CCC(=O)NC2CCC(C(=O)O)CC2)cc1OC. The van der Waals surface area contributed by atoms with Gasteiger partial charge in [-0.15, -0.1) is 0 Å². The van der Waals surface area contributed by atoms with Gasteiger partial charge in [-0.3, -0.25) is 9.59 Å². The summed E-state index contributed by atoms with van der Waals surface area (Å²) in [5, 5.41) is 12.0. The fourth-order valence-corrected chi connectivity index (χ4v) is 3.08. The Kier molecular flexibility index (Phi) is 6.46. The van der Waals surface area contributed by atoms with Crippen molar-refractivity contribution in [2.24, 2.45) is 5.92 Å². The van der Waals surface area contributed by atoms with Crippen molar-refractivity contribution >= 4 is 11.9 Å². The maximum Gasteiger partial charge on any atom is 0.306 e. The highest BCUT2D eigenvalue weighted by Crippen LogP contribution is 2.28. The minimum Gasteiger partial charge on any atom is -0.493 e. The third-order valence-corrected chi connectivity index (χ3v) is 4.53. The number of nitrogens with one attached hydrogen (secondary N) is 1. The van der Waals surface area contributed by atoms with Crippen LogP contribution in [-0.2, 0) is 16.0 Å². The van der Waals surface area contributed by atoms with Crippen LogP contribution in [0.25, 0.3) is 0 Å². The summed E-state index contributed by atoms with van der Waals surface area (Å²) in [5.74, 6) is 0.338. The number of rotatable bonds is 7. The number of benzene rings is 1. The Bertz CT molecular complexity index is 579. The molecule has 0 aromatic heterocycles. The average Bonchev–Trinajstić information content (AvgIpc) is 2.60. The molecule has 6 heteroatoms. The Hall–Kier alpha value is -2.24. The summed E-state index contributed by atoms with van der Waals surface area (Å²) >= 11 is 0. The number of amides is 1. The van der Waals surface area contributed by atoms with Crippen molar-refractivity contribution in [2.75, 3.05) is 14.2 Å². The van der Waals surface area contributed by atoms with E-state index in [0.29, 0.717) is 37.2 Å². The predicted octanol–water partition coefficient (Wildman–Crippen LogP) is 2.40. The molecule has 1 saturated carbocycles. The van der Waals surface area contributed by atoms with Crippen molar-refractivity contribution in [3.63, 3.8) is 0 Å². The van der Waals surface area contributed by atoms with Gasteiger partial charge in [-0.1, -0.05) is 6.07 Å². The molecule has 6 nitrogen and oxygen atoms in total. The first-order valence-electron chi connectivity index (χ1n) is 8.26. The van der Waals surface area contributed by atoms with E-state index in [0.717, 1.165) is 18.4 Å². The molecule has 1 fully saturated rings. The van der Waals surface area contributed by atoms with E-state index in [9.17, 15) is 9.59 Å². The molecular formula is C18H25NO5. The van der Waals surface area contributed by atoms with Gasteiger partial charge in [0.05, 0.1) is 20.1 Å².